The van der Waals surface area contributed by atoms with Crippen molar-refractivity contribution in [2.24, 2.45) is 0 Å². The monoisotopic (exact) mass is 294 g/mol. The first-order chi connectivity index (χ1) is 10.1. The highest BCUT2D eigenvalue weighted by molar-refractivity contribution is 5.35. The number of nitro groups is 1. The zero-order valence-electron chi connectivity index (χ0n) is 12.0. The van der Waals surface area contributed by atoms with E-state index >= 15 is 0 Å². The summed E-state index contributed by atoms with van der Waals surface area (Å²) < 4.78 is 0. The minimum atomic E-state index is -0.746. The molecule has 1 saturated heterocycles. The maximum Gasteiger partial charge on any atom is 0.269 e. The standard InChI is InChI=1S/C15H22N2O4/c18-9-7-13-5-1-2-8-16(13)11-15(19)12-4-3-6-14(10-12)17(20)21/h3-4,6,10,13,15,18-19H,1-2,5,7-9,11H2. The van der Waals surface area contributed by atoms with Crippen molar-refractivity contribution < 1.29 is 15.1 Å². The normalized spacial score (nSPS) is 21.1. The van der Waals surface area contributed by atoms with Gasteiger partial charge in [-0.05, 0) is 31.4 Å². The highest BCUT2D eigenvalue weighted by Gasteiger charge is 2.24. The second-order valence-corrected chi connectivity index (χ2v) is 5.52. The minimum Gasteiger partial charge on any atom is -0.396 e. The van der Waals surface area contributed by atoms with Gasteiger partial charge in [-0.3, -0.25) is 15.0 Å². The van der Waals surface area contributed by atoms with E-state index in [2.05, 4.69) is 4.90 Å². The summed E-state index contributed by atoms with van der Waals surface area (Å²) in [5, 5.41) is 30.2. The predicted molar refractivity (Wildman–Crippen MR) is 79.0 cm³/mol. The summed E-state index contributed by atoms with van der Waals surface area (Å²) in [7, 11) is 0. The van der Waals surface area contributed by atoms with Gasteiger partial charge >= 0.3 is 0 Å². The Bertz CT molecular complexity index is 478. The number of piperidine rings is 1. The van der Waals surface area contributed by atoms with Crippen LogP contribution in [0.2, 0.25) is 0 Å². The van der Waals surface area contributed by atoms with Crippen LogP contribution in [0.15, 0.2) is 24.3 Å². The molecule has 1 fully saturated rings. The summed E-state index contributed by atoms with van der Waals surface area (Å²) in [6, 6.07) is 6.44. The maximum absolute atomic E-state index is 10.8. The molecule has 2 N–H and O–H groups in total. The largest absolute Gasteiger partial charge is 0.396 e. The number of nitrogens with zero attached hydrogens (tertiary/aromatic N) is 2. The molecule has 6 heteroatoms. The summed E-state index contributed by atoms with van der Waals surface area (Å²) in [5.41, 5.74) is 0.564. The van der Waals surface area contributed by atoms with Gasteiger partial charge in [0, 0.05) is 31.3 Å². The first kappa shape index (κ1) is 15.9. The fourth-order valence-corrected chi connectivity index (χ4v) is 2.95. The Labute approximate surface area is 124 Å². The number of non-ortho nitro benzene ring substituents is 1. The third-order valence-corrected chi connectivity index (χ3v) is 4.08. The Morgan fingerprint density at radius 1 is 1.43 bits per heavy atom. The number of likely N-dealkylation sites (tertiary alicyclic amines) is 1. The molecule has 0 amide bonds. The van der Waals surface area contributed by atoms with Crippen LogP contribution in [0.25, 0.3) is 0 Å². The molecular weight excluding hydrogens is 272 g/mol. The summed E-state index contributed by atoms with van der Waals surface area (Å²) in [6.45, 7) is 1.50. The van der Waals surface area contributed by atoms with Gasteiger partial charge in [-0.15, -0.1) is 0 Å². The lowest BCUT2D eigenvalue weighted by atomic mass is 9.98. The van der Waals surface area contributed by atoms with Crippen LogP contribution in [0.4, 0.5) is 5.69 Å². The molecule has 2 atom stereocenters. The average Bonchev–Trinajstić information content (AvgIpc) is 2.49. The van der Waals surface area contributed by atoms with Gasteiger partial charge in [0.15, 0.2) is 0 Å². The summed E-state index contributed by atoms with van der Waals surface area (Å²) >= 11 is 0. The Kier molecular flexibility index (Phi) is 5.67. The number of aliphatic hydroxyl groups is 2. The van der Waals surface area contributed by atoms with Crippen LogP contribution in [0.3, 0.4) is 0 Å². The molecule has 0 aromatic heterocycles. The van der Waals surface area contributed by atoms with Crippen molar-refractivity contribution in [2.75, 3.05) is 19.7 Å². The van der Waals surface area contributed by atoms with Crippen LogP contribution >= 0.6 is 0 Å². The number of nitro benzene ring substituents is 1. The Morgan fingerprint density at radius 3 is 2.95 bits per heavy atom. The molecular formula is C15H22N2O4. The molecule has 2 rings (SSSR count). The van der Waals surface area contributed by atoms with E-state index in [-0.39, 0.29) is 18.3 Å². The van der Waals surface area contributed by atoms with Crippen LogP contribution in [0.5, 0.6) is 0 Å². The van der Waals surface area contributed by atoms with Gasteiger partial charge in [0.25, 0.3) is 5.69 Å². The van der Waals surface area contributed by atoms with Crippen LogP contribution in [-0.4, -0.2) is 45.8 Å². The Hall–Kier alpha value is -1.50. The Morgan fingerprint density at radius 2 is 2.24 bits per heavy atom. The lowest BCUT2D eigenvalue weighted by molar-refractivity contribution is -0.385. The first-order valence-corrected chi connectivity index (χ1v) is 7.39. The molecule has 1 aliphatic heterocycles. The van der Waals surface area contributed by atoms with E-state index in [1.807, 2.05) is 0 Å². The zero-order valence-corrected chi connectivity index (χ0v) is 12.0. The summed E-state index contributed by atoms with van der Waals surface area (Å²) in [4.78, 5) is 12.5. The van der Waals surface area contributed by atoms with E-state index < -0.39 is 11.0 Å². The molecule has 0 spiro atoms. The van der Waals surface area contributed by atoms with Crippen LogP contribution in [-0.2, 0) is 0 Å². The number of hydrogen-bond acceptors (Lipinski definition) is 5. The van der Waals surface area contributed by atoms with E-state index in [4.69, 9.17) is 5.11 Å². The molecule has 116 valence electrons. The van der Waals surface area contributed by atoms with Crippen LogP contribution in [0.1, 0.15) is 37.4 Å². The zero-order chi connectivity index (χ0) is 15.2. The molecule has 1 aromatic carbocycles. The van der Waals surface area contributed by atoms with Gasteiger partial charge in [0.1, 0.15) is 0 Å². The first-order valence-electron chi connectivity index (χ1n) is 7.39. The molecule has 1 heterocycles. The third kappa shape index (κ3) is 4.23. The van der Waals surface area contributed by atoms with Crippen molar-refractivity contribution in [3.05, 3.63) is 39.9 Å². The molecule has 2 unspecified atom stereocenters. The average molecular weight is 294 g/mol. The molecule has 0 saturated carbocycles. The highest BCUT2D eigenvalue weighted by atomic mass is 16.6. The van der Waals surface area contributed by atoms with Crippen LogP contribution in [0, 0.1) is 10.1 Å². The number of hydrogen-bond donors (Lipinski definition) is 2. The summed E-state index contributed by atoms with van der Waals surface area (Å²) in [5.74, 6) is 0. The van der Waals surface area contributed by atoms with E-state index in [1.54, 1.807) is 12.1 Å². The molecule has 21 heavy (non-hydrogen) atoms. The van der Waals surface area contributed by atoms with Crippen molar-refractivity contribution in [2.45, 2.75) is 37.8 Å². The highest BCUT2D eigenvalue weighted by Crippen LogP contribution is 2.25. The predicted octanol–water partition coefficient (Wildman–Crippen LogP) is 1.87. The fraction of sp³-hybridized carbons (Fsp3) is 0.600. The number of β-amino-alcohol motifs (C(OH)–C–C–N with tert-alkyl or cyclic N) is 1. The third-order valence-electron chi connectivity index (χ3n) is 4.08. The molecule has 0 radical (unpaired) electrons. The fourth-order valence-electron chi connectivity index (χ4n) is 2.95. The van der Waals surface area contributed by atoms with E-state index in [0.717, 1.165) is 25.8 Å². The molecule has 1 aliphatic rings. The topological polar surface area (TPSA) is 86.8 Å². The number of benzene rings is 1. The lowest BCUT2D eigenvalue weighted by Crippen LogP contribution is -2.42. The van der Waals surface area contributed by atoms with E-state index in [1.165, 1.54) is 12.1 Å². The van der Waals surface area contributed by atoms with Crippen molar-refractivity contribution in [1.82, 2.24) is 4.90 Å². The Balaban J connectivity index is 2.03. The van der Waals surface area contributed by atoms with Gasteiger partial charge in [-0.2, -0.15) is 0 Å². The summed E-state index contributed by atoms with van der Waals surface area (Å²) in [6.07, 6.45) is 3.23. The maximum atomic E-state index is 10.8. The lowest BCUT2D eigenvalue weighted by Gasteiger charge is -2.36. The SMILES string of the molecule is O=[N+]([O-])c1cccc(C(O)CN2CCCCC2CCO)c1. The number of aliphatic hydroxyl groups excluding tert-OH is 2. The molecule has 1 aromatic rings. The van der Waals surface area contributed by atoms with Gasteiger partial charge in [0.2, 0.25) is 0 Å². The molecule has 0 bridgehead atoms. The van der Waals surface area contributed by atoms with Gasteiger partial charge in [-0.1, -0.05) is 18.6 Å². The molecule has 6 nitrogen and oxygen atoms in total. The quantitative estimate of drug-likeness (QED) is 0.618. The second kappa shape index (κ2) is 7.49. The van der Waals surface area contributed by atoms with E-state index in [0.29, 0.717) is 18.5 Å². The minimum absolute atomic E-state index is 0.00268. The number of rotatable bonds is 6. The van der Waals surface area contributed by atoms with Crippen molar-refractivity contribution in [3.8, 4) is 0 Å². The smallest absolute Gasteiger partial charge is 0.269 e. The molecule has 0 aliphatic carbocycles. The van der Waals surface area contributed by atoms with Crippen LogP contribution < -0.4 is 0 Å². The van der Waals surface area contributed by atoms with Crippen molar-refractivity contribution in [3.63, 3.8) is 0 Å². The van der Waals surface area contributed by atoms with E-state index in [9.17, 15) is 15.2 Å². The van der Waals surface area contributed by atoms with Gasteiger partial charge in [0.05, 0.1) is 11.0 Å². The van der Waals surface area contributed by atoms with Crippen molar-refractivity contribution >= 4 is 5.69 Å². The van der Waals surface area contributed by atoms with Crippen molar-refractivity contribution in [1.29, 1.82) is 0 Å². The van der Waals surface area contributed by atoms with Gasteiger partial charge < -0.3 is 10.2 Å². The second-order valence-electron chi connectivity index (χ2n) is 5.52. The van der Waals surface area contributed by atoms with Gasteiger partial charge in [-0.25, -0.2) is 0 Å².